The highest BCUT2D eigenvalue weighted by molar-refractivity contribution is 5.93. The largest absolute Gasteiger partial charge is 0.459 e. The Morgan fingerprint density at radius 2 is 1.93 bits per heavy atom. The number of piperidine rings is 1. The van der Waals surface area contributed by atoms with Gasteiger partial charge in [0.25, 0.3) is 5.91 Å². The van der Waals surface area contributed by atoms with Gasteiger partial charge in [-0.05, 0) is 50.1 Å². The first-order valence-electron chi connectivity index (χ1n) is 8.93. The smallest absolute Gasteiger partial charge is 0.287 e. The molecule has 7 heteroatoms. The molecule has 1 aliphatic heterocycles. The summed E-state index contributed by atoms with van der Waals surface area (Å²) in [4.78, 5) is 26.4. The summed E-state index contributed by atoms with van der Waals surface area (Å²) in [7, 11) is 0. The van der Waals surface area contributed by atoms with Gasteiger partial charge in [0.15, 0.2) is 5.76 Å². The number of nitrogens with zero attached hydrogens (tertiary/aromatic N) is 2. The van der Waals surface area contributed by atoms with Crippen LogP contribution in [0.25, 0.3) is 0 Å². The summed E-state index contributed by atoms with van der Waals surface area (Å²) in [5.74, 6) is 0.163. The number of rotatable bonds is 5. The van der Waals surface area contributed by atoms with Gasteiger partial charge in [0.2, 0.25) is 5.91 Å². The van der Waals surface area contributed by atoms with Gasteiger partial charge >= 0.3 is 0 Å². The molecule has 1 aromatic carbocycles. The van der Waals surface area contributed by atoms with Crippen LogP contribution in [0.4, 0.5) is 5.69 Å². The van der Waals surface area contributed by atoms with E-state index in [1.807, 2.05) is 6.92 Å². The average Bonchev–Trinajstić information content (AvgIpc) is 3.13. The molecule has 2 N–H and O–H groups in total. The second-order valence-electron chi connectivity index (χ2n) is 6.60. The monoisotopic (exact) mass is 366 g/mol. The Bertz CT molecular complexity index is 843. The van der Waals surface area contributed by atoms with Crippen LogP contribution >= 0.6 is 0 Å². The first-order chi connectivity index (χ1) is 13.1. The van der Waals surface area contributed by atoms with Crippen molar-refractivity contribution in [2.24, 2.45) is 0 Å². The molecule has 2 heterocycles. The van der Waals surface area contributed by atoms with Gasteiger partial charge in [-0.15, -0.1) is 0 Å². The SMILES string of the molecule is Cc1ccoc1C(=O)NC1CCN(C(=O)CNc2ccc(C#N)cc2)CC1. The van der Waals surface area contributed by atoms with Gasteiger partial charge < -0.3 is 20.0 Å². The number of hydrogen-bond acceptors (Lipinski definition) is 5. The third-order valence-electron chi connectivity index (χ3n) is 4.71. The van der Waals surface area contributed by atoms with Gasteiger partial charge in [-0.1, -0.05) is 0 Å². The second-order valence-corrected chi connectivity index (χ2v) is 6.60. The van der Waals surface area contributed by atoms with Crippen molar-refractivity contribution in [3.8, 4) is 6.07 Å². The van der Waals surface area contributed by atoms with E-state index in [-0.39, 0.29) is 24.4 Å². The summed E-state index contributed by atoms with van der Waals surface area (Å²) < 4.78 is 5.21. The summed E-state index contributed by atoms with van der Waals surface area (Å²) >= 11 is 0. The Balaban J connectivity index is 1.43. The second kappa shape index (κ2) is 8.41. The molecular formula is C20H22N4O3. The molecule has 27 heavy (non-hydrogen) atoms. The maximum absolute atomic E-state index is 12.4. The Labute approximate surface area is 158 Å². The Morgan fingerprint density at radius 1 is 1.22 bits per heavy atom. The number of likely N-dealkylation sites (tertiary alicyclic amines) is 1. The van der Waals surface area contributed by atoms with E-state index in [1.54, 1.807) is 35.2 Å². The molecule has 0 aliphatic carbocycles. The van der Waals surface area contributed by atoms with Crippen molar-refractivity contribution in [2.45, 2.75) is 25.8 Å². The van der Waals surface area contributed by atoms with Crippen molar-refractivity contribution in [2.75, 3.05) is 25.0 Å². The lowest BCUT2D eigenvalue weighted by Gasteiger charge is -2.32. The molecule has 140 valence electrons. The standard InChI is InChI=1S/C20H22N4O3/c1-14-8-11-27-19(14)20(26)23-17-6-9-24(10-7-17)18(25)13-22-16-4-2-15(12-21)3-5-16/h2-5,8,11,17,22H,6-7,9-10,13H2,1H3,(H,23,26). The van der Waals surface area contributed by atoms with Crippen LogP contribution in [0.15, 0.2) is 41.0 Å². The van der Waals surface area contributed by atoms with Crippen LogP contribution in [-0.2, 0) is 4.79 Å². The Hall–Kier alpha value is -3.27. The number of amides is 2. The molecule has 1 aliphatic rings. The maximum atomic E-state index is 12.4. The molecule has 0 unspecified atom stereocenters. The predicted octanol–water partition coefficient (Wildman–Crippen LogP) is 2.29. The number of anilines is 1. The molecule has 3 rings (SSSR count). The van der Waals surface area contributed by atoms with E-state index in [0.29, 0.717) is 37.3 Å². The van der Waals surface area contributed by atoms with Crippen LogP contribution in [0.5, 0.6) is 0 Å². The lowest BCUT2D eigenvalue weighted by molar-refractivity contribution is -0.130. The zero-order valence-corrected chi connectivity index (χ0v) is 15.2. The van der Waals surface area contributed by atoms with E-state index in [0.717, 1.165) is 11.3 Å². The van der Waals surface area contributed by atoms with Gasteiger partial charge in [0.1, 0.15) is 0 Å². The van der Waals surface area contributed by atoms with Crippen LogP contribution in [0.1, 0.15) is 34.5 Å². The van der Waals surface area contributed by atoms with Crippen LogP contribution in [0.3, 0.4) is 0 Å². The molecule has 0 atom stereocenters. The first-order valence-corrected chi connectivity index (χ1v) is 8.93. The van der Waals surface area contributed by atoms with Crippen LogP contribution in [0, 0.1) is 18.3 Å². The van der Waals surface area contributed by atoms with E-state index >= 15 is 0 Å². The predicted molar refractivity (Wildman–Crippen MR) is 100 cm³/mol. The minimum Gasteiger partial charge on any atom is -0.459 e. The van der Waals surface area contributed by atoms with E-state index in [4.69, 9.17) is 9.68 Å². The van der Waals surface area contributed by atoms with Crippen molar-refractivity contribution in [3.63, 3.8) is 0 Å². The quantitative estimate of drug-likeness (QED) is 0.846. The summed E-state index contributed by atoms with van der Waals surface area (Å²) in [6, 6.07) is 10.8. The lowest BCUT2D eigenvalue weighted by atomic mass is 10.0. The Morgan fingerprint density at radius 3 is 2.52 bits per heavy atom. The van der Waals surface area contributed by atoms with Gasteiger partial charge in [-0.25, -0.2) is 0 Å². The van der Waals surface area contributed by atoms with Crippen molar-refractivity contribution < 1.29 is 14.0 Å². The fourth-order valence-electron chi connectivity index (χ4n) is 3.08. The van der Waals surface area contributed by atoms with Gasteiger partial charge in [-0.3, -0.25) is 9.59 Å². The van der Waals surface area contributed by atoms with E-state index < -0.39 is 0 Å². The molecular weight excluding hydrogens is 344 g/mol. The molecule has 7 nitrogen and oxygen atoms in total. The average molecular weight is 366 g/mol. The molecule has 2 aromatic rings. The topological polar surface area (TPSA) is 98.4 Å². The van der Waals surface area contributed by atoms with Crippen molar-refractivity contribution in [1.82, 2.24) is 10.2 Å². The van der Waals surface area contributed by atoms with Crippen molar-refractivity contribution in [1.29, 1.82) is 5.26 Å². The lowest BCUT2D eigenvalue weighted by Crippen LogP contribution is -2.47. The minimum atomic E-state index is -0.204. The first kappa shape index (κ1) is 18.5. The van der Waals surface area contributed by atoms with E-state index in [1.165, 1.54) is 6.26 Å². The number of furan rings is 1. The number of benzene rings is 1. The van der Waals surface area contributed by atoms with E-state index in [9.17, 15) is 9.59 Å². The third-order valence-corrected chi connectivity index (χ3v) is 4.71. The number of nitrogens with one attached hydrogen (secondary N) is 2. The van der Waals surface area contributed by atoms with Crippen molar-refractivity contribution >= 4 is 17.5 Å². The van der Waals surface area contributed by atoms with Crippen LogP contribution < -0.4 is 10.6 Å². The van der Waals surface area contributed by atoms with E-state index in [2.05, 4.69) is 16.7 Å². The van der Waals surface area contributed by atoms with Gasteiger partial charge in [0, 0.05) is 30.4 Å². The van der Waals surface area contributed by atoms with Crippen molar-refractivity contribution in [3.05, 3.63) is 53.5 Å². The van der Waals surface area contributed by atoms with Gasteiger partial charge in [-0.2, -0.15) is 5.26 Å². The highest BCUT2D eigenvalue weighted by atomic mass is 16.3. The summed E-state index contributed by atoms with van der Waals surface area (Å²) in [6.07, 6.45) is 2.94. The number of aryl methyl sites for hydroxylation is 1. The fourth-order valence-corrected chi connectivity index (χ4v) is 3.08. The molecule has 1 fully saturated rings. The molecule has 1 aromatic heterocycles. The number of carbonyl (C=O) groups excluding carboxylic acids is 2. The van der Waals surface area contributed by atoms with Gasteiger partial charge in [0.05, 0.1) is 24.4 Å². The number of hydrogen-bond donors (Lipinski definition) is 2. The molecule has 0 radical (unpaired) electrons. The highest BCUT2D eigenvalue weighted by Crippen LogP contribution is 2.14. The molecule has 0 saturated carbocycles. The number of nitriles is 1. The highest BCUT2D eigenvalue weighted by Gasteiger charge is 2.25. The van der Waals surface area contributed by atoms with Crippen LogP contribution in [-0.4, -0.2) is 42.4 Å². The molecule has 0 spiro atoms. The minimum absolute atomic E-state index is 0.0195. The maximum Gasteiger partial charge on any atom is 0.287 e. The fraction of sp³-hybridized carbons (Fsp3) is 0.350. The molecule has 2 amide bonds. The zero-order valence-electron chi connectivity index (χ0n) is 15.2. The number of carbonyl (C=O) groups is 2. The summed E-state index contributed by atoms with van der Waals surface area (Å²) in [6.45, 7) is 3.25. The van der Waals surface area contributed by atoms with Crippen LogP contribution in [0.2, 0.25) is 0 Å². The summed E-state index contributed by atoms with van der Waals surface area (Å²) in [5.41, 5.74) is 2.20. The third kappa shape index (κ3) is 4.67. The zero-order chi connectivity index (χ0) is 19.2. The normalized spacial score (nSPS) is 14.4. The molecule has 0 bridgehead atoms. The Kier molecular flexibility index (Phi) is 5.77. The summed E-state index contributed by atoms with van der Waals surface area (Å²) in [5, 5.41) is 14.9. The molecule has 1 saturated heterocycles.